The van der Waals surface area contributed by atoms with E-state index in [0.29, 0.717) is 23.3 Å². The molecule has 154 valence electrons. The maximum absolute atomic E-state index is 12.4. The minimum atomic E-state index is -0.0780. The van der Waals surface area contributed by atoms with Gasteiger partial charge in [-0.25, -0.2) is 0 Å². The summed E-state index contributed by atoms with van der Waals surface area (Å²) in [6.07, 6.45) is 0. The first-order chi connectivity index (χ1) is 14.4. The minimum Gasteiger partial charge on any atom is -0.453 e. The summed E-state index contributed by atoms with van der Waals surface area (Å²) in [5.74, 6) is 1.48. The number of hydrogen-bond acceptors (Lipinski definition) is 5. The number of amides is 1. The molecule has 2 heterocycles. The molecule has 0 radical (unpaired) electrons. The molecule has 4 rings (SSSR count). The summed E-state index contributed by atoms with van der Waals surface area (Å²) < 4.78 is 8.91. The van der Waals surface area contributed by atoms with E-state index < -0.39 is 0 Å². The molecule has 0 saturated heterocycles. The quantitative estimate of drug-likeness (QED) is 0.349. The lowest BCUT2D eigenvalue weighted by Crippen LogP contribution is -2.15. The molecule has 2 aromatic carbocycles. The summed E-state index contributed by atoms with van der Waals surface area (Å²) >= 11 is 4.84. The van der Waals surface area contributed by atoms with Crippen LogP contribution in [0.25, 0.3) is 22.6 Å². The average Bonchev–Trinajstić information content (AvgIpc) is 3.28. The molecule has 0 aliphatic heterocycles. The molecule has 6 nitrogen and oxygen atoms in total. The fourth-order valence-corrected chi connectivity index (χ4v) is 4.54. The van der Waals surface area contributed by atoms with E-state index in [-0.39, 0.29) is 11.7 Å². The van der Waals surface area contributed by atoms with Crippen molar-refractivity contribution in [2.24, 2.45) is 0 Å². The van der Waals surface area contributed by atoms with E-state index in [1.165, 1.54) is 11.8 Å². The number of benzene rings is 2. The van der Waals surface area contributed by atoms with E-state index in [1.807, 2.05) is 61.7 Å². The topological polar surface area (TPSA) is 73.0 Å². The van der Waals surface area contributed by atoms with Crippen LogP contribution in [0.2, 0.25) is 0 Å². The van der Waals surface area contributed by atoms with E-state index in [9.17, 15) is 4.79 Å². The normalized spacial score (nSPS) is 11.2. The van der Waals surface area contributed by atoms with Crippen molar-refractivity contribution in [3.63, 3.8) is 0 Å². The van der Waals surface area contributed by atoms with Crippen LogP contribution in [0.4, 0.5) is 5.69 Å². The maximum atomic E-state index is 12.4. The van der Waals surface area contributed by atoms with Crippen LogP contribution in [0.15, 0.2) is 56.5 Å². The number of nitrogens with zero attached hydrogens (tertiary/aromatic N) is 3. The molecule has 8 heteroatoms. The molecular formula is C22H21BrN4O2S. The number of furan rings is 1. The molecule has 0 aliphatic rings. The van der Waals surface area contributed by atoms with Crippen LogP contribution in [0.5, 0.6) is 0 Å². The fraction of sp³-hybridized carbons (Fsp3) is 0.227. The van der Waals surface area contributed by atoms with Gasteiger partial charge in [0.1, 0.15) is 5.58 Å². The van der Waals surface area contributed by atoms with Crippen LogP contribution in [-0.4, -0.2) is 26.4 Å². The number of rotatable bonds is 6. The summed E-state index contributed by atoms with van der Waals surface area (Å²) in [5, 5.41) is 13.2. The van der Waals surface area contributed by atoms with Crippen molar-refractivity contribution in [1.29, 1.82) is 0 Å². The molecule has 1 amide bonds. The Labute approximate surface area is 187 Å². The van der Waals surface area contributed by atoms with E-state index in [4.69, 9.17) is 4.42 Å². The van der Waals surface area contributed by atoms with Gasteiger partial charge in [-0.05, 0) is 68.3 Å². The van der Waals surface area contributed by atoms with E-state index in [1.54, 1.807) is 0 Å². The first-order valence-corrected chi connectivity index (χ1v) is 11.3. The van der Waals surface area contributed by atoms with Gasteiger partial charge < -0.3 is 9.73 Å². The molecule has 0 aliphatic carbocycles. The molecule has 0 bridgehead atoms. The SMILES string of the molecule is CCn1c(SCC(=O)Nc2cc(C)cc(C)c2)nnc1-c1cc2cc(Br)ccc2o1. The van der Waals surface area contributed by atoms with Crippen LogP contribution < -0.4 is 5.32 Å². The van der Waals surface area contributed by atoms with Crippen LogP contribution >= 0.6 is 27.7 Å². The lowest BCUT2D eigenvalue weighted by molar-refractivity contribution is -0.113. The highest BCUT2D eigenvalue weighted by Gasteiger charge is 2.18. The Bertz CT molecular complexity index is 1210. The number of aryl methyl sites for hydroxylation is 2. The number of nitrogens with one attached hydrogen (secondary N) is 1. The van der Waals surface area contributed by atoms with Crippen molar-refractivity contribution in [2.75, 3.05) is 11.1 Å². The molecule has 4 aromatic rings. The Kier molecular flexibility index (Phi) is 5.97. The smallest absolute Gasteiger partial charge is 0.234 e. The van der Waals surface area contributed by atoms with Gasteiger partial charge >= 0.3 is 0 Å². The molecule has 0 fully saturated rings. The Balaban J connectivity index is 1.49. The fourth-order valence-electron chi connectivity index (χ4n) is 3.36. The Morgan fingerprint density at radius 3 is 2.63 bits per heavy atom. The predicted octanol–water partition coefficient (Wildman–Crippen LogP) is 5.82. The van der Waals surface area contributed by atoms with Gasteiger partial charge in [0, 0.05) is 22.1 Å². The summed E-state index contributed by atoms with van der Waals surface area (Å²) in [7, 11) is 0. The Morgan fingerprint density at radius 2 is 1.90 bits per heavy atom. The second-order valence-electron chi connectivity index (χ2n) is 7.06. The Hall–Kier alpha value is -2.58. The minimum absolute atomic E-state index is 0.0780. The first kappa shape index (κ1) is 20.7. The second kappa shape index (κ2) is 8.65. The van der Waals surface area contributed by atoms with E-state index >= 15 is 0 Å². The number of carbonyl (C=O) groups excluding carboxylic acids is 1. The van der Waals surface area contributed by atoms with Crippen LogP contribution in [0.1, 0.15) is 18.1 Å². The summed E-state index contributed by atoms with van der Waals surface area (Å²) in [5.41, 5.74) is 3.84. The summed E-state index contributed by atoms with van der Waals surface area (Å²) in [6.45, 7) is 6.72. The number of hydrogen-bond donors (Lipinski definition) is 1. The zero-order valence-corrected chi connectivity index (χ0v) is 19.3. The van der Waals surface area contributed by atoms with Crippen molar-refractivity contribution in [3.05, 3.63) is 58.1 Å². The standard InChI is InChI=1S/C22H21BrN4O2S/c1-4-27-21(19-11-15-10-16(23)5-6-18(15)29-19)25-26-22(27)30-12-20(28)24-17-8-13(2)7-14(3)9-17/h5-11H,4,12H2,1-3H3,(H,24,28). The van der Waals surface area contributed by atoms with Crippen molar-refractivity contribution in [2.45, 2.75) is 32.5 Å². The van der Waals surface area contributed by atoms with Crippen LogP contribution in [0.3, 0.4) is 0 Å². The highest BCUT2D eigenvalue weighted by molar-refractivity contribution is 9.10. The van der Waals surface area contributed by atoms with Gasteiger partial charge in [0.25, 0.3) is 0 Å². The number of thioether (sulfide) groups is 1. The molecule has 0 spiro atoms. The van der Waals surface area contributed by atoms with Crippen molar-refractivity contribution in [3.8, 4) is 11.6 Å². The van der Waals surface area contributed by atoms with Gasteiger partial charge in [0.15, 0.2) is 10.9 Å². The summed E-state index contributed by atoms with van der Waals surface area (Å²) in [6, 6.07) is 13.8. The van der Waals surface area contributed by atoms with Gasteiger partial charge in [-0.3, -0.25) is 9.36 Å². The number of carbonyl (C=O) groups is 1. The zero-order valence-electron chi connectivity index (χ0n) is 16.9. The number of halogens is 1. The Morgan fingerprint density at radius 1 is 1.13 bits per heavy atom. The van der Waals surface area contributed by atoms with Crippen molar-refractivity contribution >= 4 is 50.3 Å². The van der Waals surface area contributed by atoms with Gasteiger partial charge in [-0.15, -0.1) is 10.2 Å². The lowest BCUT2D eigenvalue weighted by Gasteiger charge is -2.08. The molecule has 1 N–H and O–H groups in total. The van der Waals surface area contributed by atoms with Gasteiger partial charge in [0.2, 0.25) is 11.7 Å². The molecule has 0 atom stereocenters. The molecule has 0 saturated carbocycles. The third-order valence-electron chi connectivity index (χ3n) is 4.57. The van der Waals surface area contributed by atoms with Gasteiger partial charge in [-0.1, -0.05) is 33.8 Å². The number of fused-ring (bicyclic) bond motifs is 1. The second-order valence-corrected chi connectivity index (χ2v) is 8.91. The van der Waals surface area contributed by atoms with Gasteiger partial charge in [-0.2, -0.15) is 0 Å². The van der Waals surface area contributed by atoms with E-state index in [2.05, 4.69) is 37.5 Å². The molecule has 2 aromatic heterocycles. The molecule has 0 unspecified atom stereocenters. The third kappa shape index (κ3) is 4.44. The highest BCUT2D eigenvalue weighted by Crippen LogP contribution is 2.30. The molecule has 30 heavy (non-hydrogen) atoms. The maximum Gasteiger partial charge on any atom is 0.234 e. The first-order valence-electron chi connectivity index (χ1n) is 9.56. The largest absolute Gasteiger partial charge is 0.453 e. The highest BCUT2D eigenvalue weighted by atomic mass is 79.9. The lowest BCUT2D eigenvalue weighted by atomic mass is 10.1. The van der Waals surface area contributed by atoms with Crippen molar-refractivity contribution < 1.29 is 9.21 Å². The average molecular weight is 485 g/mol. The number of aromatic nitrogens is 3. The number of anilines is 1. The third-order valence-corrected chi connectivity index (χ3v) is 6.03. The van der Waals surface area contributed by atoms with E-state index in [0.717, 1.165) is 32.3 Å². The zero-order chi connectivity index (χ0) is 21.3. The summed E-state index contributed by atoms with van der Waals surface area (Å²) in [4.78, 5) is 12.4. The molecular weight excluding hydrogens is 464 g/mol. The van der Waals surface area contributed by atoms with Crippen molar-refractivity contribution in [1.82, 2.24) is 14.8 Å². The van der Waals surface area contributed by atoms with Crippen LogP contribution in [-0.2, 0) is 11.3 Å². The van der Waals surface area contributed by atoms with Crippen LogP contribution in [0, 0.1) is 13.8 Å². The van der Waals surface area contributed by atoms with Gasteiger partial charge in [0.05, 0.1) is 5.75 Å². The predicted molar refractivity (Wildman–Crippen MR) is 124 cm³/mol. The monoisotopic (exact) mass is 484 g/mol.